The van der Waals surface area contributed by atoms with Crippen molar-refractivity contribution in [3.05, 3.63) is 29.3 Å². The van der Waals surface area contributed by atoms with E-state index < -0.39 is 0 Å². The molecule has 19 heavy (non-hydrogen) atoms. The number of carbonyl (C=O) groups excluding carboxylic acids is 2. The summed E-state index contributed by atoms with van der Waals surface area (Å²) in [5.74, 6) is 0.687. The van der Waals surface area contributed by atoms with Gasteiger partial charge >= 0.3 is 0 Å². The Morgan fingerprint density at radius 2 is 1.95 bits per heavy atom. The Kier molecular flexibility index (Phi) is 3.55. The minimum Gasteiger partial charge on any atom is -0.497 e. The minimum atomic E-state index is -0.340. The van der Waals surface area contributed by atoms with Crippen molar-refractivity contribution in [2.45, 2.75) is 13.3 Å². The van der Waals surface area contributed by atoms with E-state index in [0.717, 1.165) is 11.1 Å². The third-order valence-corrected chi connectivity index (χ3v) is 3.13. The van der Waals surface area contributed by atoms with E-state index in [0.29, 0.717) is 17.1 Å². The van der Waals surface area contributed by atoms with Crippen LogP contribution in [0.25, 0.3) is 5.57 Å². The van der Waals surface area contributed by atoms with E-state index in [1.165, 1.54) is 0 Å². The maximum atomic E-state index is 11.7. The summed E-state index contributed by atoms with van der Waals surface area (Å²) >= 11 is 0. The van der Waals surface area contributed by atoms with Gasteiger partial charge in [-0.2, -0.15) is 0 Å². The second kappa shape index (κ2) is 5.14. The van der Waals surface area contributed by atoms with Crippen molar-refractivity contribution in [3.63, 3.8) is 0 Å². The van der Waals surface area contributed by atoms with Crippen LogP contribution in [0.4, 0.5) is 0 Å². The fraction of sp³-hybridized carbons (Fsp3) is 0.286. The third-order valence-electron chi connectivity index (χ3n) is 3.13. The quantitative estimate of drug-likeness (QED) is 0.662. The SMILES string of the molecule is COc1ccc(OC)c(C(C)=C2CC(=O)NC2=O)c1. The number of hydrogen-bond donors (Lipinski definition) is 1. The zero-order valence-electron chi connectivity index (χ0n) is 11.1. The highest BCUT2D eigenvalue weighted by molar-refractivity contribution is 6.17. The standard InChI is InChI=1S/C14H15NO4/c1-8(11-7-13(16)15-14(11)17)10-6-9(18-2)4-5-12(10)19-3/h4-6H,7H2,1-3H3,(H,15,16,17). The molecule has 1 aromatic rings. The number of benzene rings is 1. The summed E-state index contributed by atoms with van der Waals surface area (Å²) < 4.78 is 10.5. The van der Waals surface area contributed by atoms with Gasteiger partial charge in [-0.15, -0.1) is 0 Å². The Balaban J connectivity index is 2.54. The van der Waals surface area contributed by atoms with Gasteiger partial charge in [0.1, 0.15) is 11.5 Å². The molecular formula is C14H15NO4. The molecule has 1 aliphatic rings. The summed E-state index contributed by atoms with van der Waals surface area (Å²) in [5.41, 5.74) is 1.94. The van der Waals surface area contributed by atoms with Crippen LogP contribution in [0.5, 0.6) is 11.5 Å². The van der Waals surface area contributed by atoms with E-state index >= 15 is 0 Å². The predicted octanol–water partition coefficient (Wildman–Crippen LogP) is 1.52. The number of allylic oxidation sites excluding steroid dienone is 1. The molecule has 100 valence electrons. The van der Waals surface area contributed by atoms with Crippen LogP contribution in [-0.4, -0.2) is 26.0 Å². The molecule has 5 nitrogen and oxygen atoms in total. The van der Waals surface area contributed by atoms with Gasteiger partial charge in [-0.05, 0) is 30.7 Å². The Morgan fingerprint density at radius 1 is 1.21 bits per heavy atom. The predicted molar refractivity (Wildman–Crippen MR) is 69.9 cm³/mol. The lowest BCUT2D eigenvalue weighted by atomic mass is 9.99. The number of imide groups is 1. The first kappa shape index (κ1) is 13.1. The molecule has 0 unspecified atom stereocenters. The van der Waals surface area contributed by atoms with Gasteiger partial charge in [0.2, 0.25) is 5.91 Å². The van der Waals surface area contributed by atoms with Crippen molar-refractivity contribution < 1.29 is 19.1 Å². The zero-order chi connectivity index (χ0) is 14.0. The lowest BCUT2D eigenvalue weighted by Crippen LogP contribution is -2.19. The molecule has 1 fully saturated rings. The van der Waals surface area contributed by atoms with E-state index in [1.807, 2.05) is 0 Å². The van der Waals surface area contributed by atoms with Gasteiger partial charge in [0.05, 0.1) is 20.6 Å². The summed E-state index contributed by atoms with van der Waals surface area (Å²) in [6.45, 7) is 1.80. The van der Waals surface area contributed by atoms with Crippen LogP contribution in [0.2, 0.25) is 0 Å². The number of carbonyl (C=O) groups is 2. The van der Waals surface area contributed by atoms with Crippen LogP contribution < -0.4 is 14.8 Å². The average Bonchev–Trinajstić information content (AvgIpc) is 2.76. The fourth-order valence-corrected chi connectivity index (χ4v) is 2.06. The van der Waals surface area contributed by atoms with Crippen molar-refractivity contribution in [1.82, 2.24) is 5.32 Å². The van der Waals surface area contributed by atoms with Crippen LogP contribution in [0.1, 0.15) is 18.9 Å². The normalized spacial score (nSPS) is 17.2. The molecule has 1 N–H and O–H groups in total. The molecule has 1 heterocycles. The topological polar surface area (TPSA) is 64.6 Å². The van der Waals surface area contributed by atoms with Gasteiger partial charge in [0.25, 0.3) is 5.91 Å². The Labute approximate surface area is 111 Å². The number of methoxy groups -OCH3 is 2. The molecular weight excluding hydrogens is 246 g/mol. The number of nitrogens with one attached hydrogen (secondary N) is 1. The van der Waals surface area contributed by atoms with Gasteiger partial charge in [0.15, 0.2) is 0 Å². The molecule has 5 heteroatoms. The van der Waals surface area contributed by atoms with Gasteiger partial charge in [0, 0.05) is 11.1 Å². The lowest BCUT2D eigenvalue weighted by molar-refractivity contribution is -0.124. The van der Waals surface area contributed by atoms with Gasteiger partial charge < -0.3 is 9.47 Å². The van der Waals surface area contributed by atoms with Gasteiger partial charge in [-0.1, -0.05) is 0 Å². The Morgan fingerprint density at radius 3 is 2.47 bits per heavy atom. The van der Waals surface area contributed by atoms with Crippen LogP contribution in [-0.2, 0) is 9.59 Å². The summed E-state index contributed by atoms with van der Waals surface area (Å²) in [4.78, 5) is 22.9. The van der Waals surface area contributed by atoms with Crippen molar-refractivity contribution in [2.24, 2.45) is 0 Å². The highest BCUT2D eigenvalue weighted by Crippen LogP contribution is 2.33. The van der Waals surface area contributed by atoms with Crippen LogP contribution in [0, 0.1) is 0 Å². The van der Waals surface area contributed by atoms with E-state index in [-0.39, 0.29) is 18.2 Å². The first-order chi connectivity index (χ1) is 9.06. The first-order valence-corrected chi connectivity index (χ1v) is 5.83. The molecule has 1 aliphatic heterocycles. The summed E-state index contributed by atoms with van der Waals surface area (Å²) in [6, 6.07) is 5.34. The molecule has 0 atom stereocenters. The molecule has 2 amide bonds. The van der Waals surface area contributed by atoms with Crippen molar-refractivity contribution >= 4 is 17.4 Å². The third kappa shape index (κ3) is 2.45. The highest BCUT2D eigenvalue weighted by atomic mass is 16.5. The maximum Gasteiger partial charge on any atom is 0.254 e. The number of ether oxygens (including phenoxy) is 2. The average molecular weight is 261 g/mol. The van der Waals surface area contributed by atoms with Gasteiger partial charge in [-0.3, -0.25) is 14.9 Å². The monoisotopic (exact) mass is 261 g/mol. The molecule has 2 rings (SSSR count). The minimum absolute atomic E-state index is 0.102. The summed E-state index contributed by atoms with van der Waals surface area (Å²) in [5, 5.41) is 2.28. The lowest BCUT2D eigenvalue weighted by Gasteiger charge is -2.12. The maximum absolute atomic E-state index is 11.7. The van der Waals surface area contributed by atoms with E-state index in [1.54, 1.807) is 39.3 Å². The van der Waals surface area contributed by atoms with Gasteiger partial charge in [-0.25, -0.2) is 0 Å². The smallest absolute Gasteiger partial charge is 0.254 e. The largest absolute Gasteiger partial charge is 0.497 e. The molecule has 1 aromatic carbocycles. The number of hydrogen-bond acceptors (Lipinski definition) is 4. The van der Waals surface area contributed by atoms with Crippen molar-refractivity contribution in [2.75, 3.05) is 14.2 Å². The molecule has 0 aliphatic carbocycles. The second-order valence-corrected chi connectivity index (χ2v) is 4.22. The number of rotatable bonds is 3. The van der Waals surface area contributed by atoms with E-state index in [2.05, 4.69) is 5.32 Å². The van der Waals surface area contributed by atoms with Crippen LogP contribution >= 0.6 is 0 Å². The number of amides is 2. The molecule has 0 bridgehead atoms. The van der Waals surface area contributed by atoms with Crippen molar-refractivity contribution in [1.29, 1.82) is 0 Å². The van der Waals surface area contributed by atoms with E-state index in [9.17, 15) is 9.59 Å². The molecule has 0 aromatic heterocycles. The molecule has 1 saturated heterocycles. The van der Waals surface area contributed by atoms with Crippen LogP contribution in [0.15, 0.2) is 23.8 Å². The summed E-state index contributed by atoms with van der Waals surface area (Å²) in [6.07, 6.45) is 0.102. The van der Waals surface area contributed by atoms with Crippen LogP contribution in [0.3, 0.4) is 0 Å². The summed E-state index contributed by atoms with van der Waals surface area (Å²) in [7, 11) is 3.13. The van der Waals surface area contributed by atoms with Crippen molar-refractivity contribution in [3.8, 4) is 11.5 Å². The highest BCUT2D eigenvalue weighted by Gasteiger charge is 2.27. The zero-order valence-corrected chi connectivity index (χ0v) is 11.1. The molecule has 0 radical (unpaired) electrons. The molecule has 0 spiro atoms. The Bertz CT molecular complexity index is 575. The molecule has 0 saturated carbocycles. The first-order valence-electron chi connectivity index (χ1n) is 5.83. The van der Waals surface area contributed by atoms with E-state index in [4.69, 9.17) is 9.47 Å². The Hall–Kier alpha value is -2.30. The fourth-order valence-electron chi connectivity index (χ4n) is 2.06. The second-order valence-electron chi connectivity index (χ2n) is 4.22.